The second kappa shape index (κ2) is 5.24. The highest BCUT2D eigenvalue weighted by Crippen LogP contribution is 2.26. The highest BCUT2D eigenvalue weighted by molar-refractivity contribution is 5.29. The predicted octanol–water partition coefficient (Wildman–Crippen LogP) is 3.28. The van der Waals surface area contributed by atoms with Crippen molar-refractivity contribution < 1.29 is 8.78 Å². The zero-order chi connectivity index (χ0) is 12.3. The number of rotatable bonds is 3. The van der Waals surface area contributed by atoms with Gasteiger partial charge in [-0.05, 0) is 31.5 Å². The van der Waals surface area contributed by atoms with Gasteiger partial charge in [-0.25, -0.2) is 8.78 Å². The van der Waals surface area contributed by atoms with E-state index >= 15 is 0 Å². The molecule has 1 heterocycles. The third-order valence-electron chi connectivity index (χ3n) is 3.13. The van der Waals surface area contributed by atoms with Gasteiger partial charge in [0.2, 0.25) is 0 Å². The van der Waals surface area contributed by atoms with Crippen molar-refractivity contribution in [3.63, 3.8) is 0 Å². The molecule has 2 rings (SSSR count). The van der Waals surface area contributed by atoms with Gasteiger partial charge < -0.3 is 0 Å². The summed E-state index contributed by atoms with van der Waals surface area (Å²) in [5.74, 6) is 0. The maximum absolute atomic E-state index is 12.4. The van der Waals surface area contributed by atoms with Gasteiger partial charge in [0.15, 0.2) is 0 Å². The summed E-state index contributed by atoms with van der Waals surface area (Å²) in [4.78, 5) is 2.09. The van der Waals surface area contributed by atoms with Crippen molar-refractivity contribution in [3.05, 3.63) is 35.4 Å². The molecule has 1 aromatic rings. The van der Waals surface area contributed by atoms with Crippen LogP contribution in [0, 0.1) is 11.3 Å². The minimum Gasteiger partial charge on any atom is -0.284 e. The quantitative estimate of drug-likeness (QED) is 0.805. The van der Waals surface area contributed by atoms with E-state index in [9.17, 15) is 14.0 Å². The van der Waals surface area contributed by atoms with Crippen molar-refractivity contribution in [1.82, 2.24) is 4.90 Å². The first kappa shape index (κ1) is 12.0. The van der Waals surface area contributed by atoms with Crippen LogP contribution < -0.4 is 0 Å². The molecule has 0 aliphatic carbocycles. The maximum Gasteiger partial charge on any atom is 0.263 e. The van der Waals surface area contributed by atoms with E-state index in [1.807, 2.05) is 0 Å². The van der Waals surface area contributed by atoms with Gasteiger partial charge in [0.05, 0.1) is 6.07 Å². The largest absolute Gasteiger partial charge is 0.284 e. The van der Waals surface area contributed by atoms with Crippen molar-refractivity contribution in [3.8, 4) is 6.07 Å². The van der Waals surface area contributed by atoms with E-state index in [0.717, 1.165) is 31.5 Å². The molecule has 1 atom stereocenters. The minimum atomic E-state index is -2.45. The first-order valence-electron chi connectivity index (χ1n) is 5.74. The third kappa shape index (κ3) is 2.62. The number of alkyl halides is 2. The smallest absolute Gasteiger partial charge is 0.263 e. The molecule has 0 bridgehead atoms. The van der Waals surface area contributed by atoms with Gasteiger partial charge in [0, 0.05) is 5.56 Å². The highest BCUT2D eigenvalue weighted by atomic mass is 19.3. The second-order valence-corrected chi connectivity index (χ2v) is 4.24. The van der Waals surface area contributed by atoms with Gasteiger partial charge in [0.1, 0.15) is 6.04 Å². The van der Waals surface area contributed by atoms with E-state index in [1.165, 1.54) is 12.1 Å². The summed E-state index contributed by atoms with van der Waals surface area (Å²) in [7, 11) is 0. The van der Waals surface area contributed by atoms with E-state index < -0.39 is 6.43 Å². The Morgan fingerprint density at radius 3 is 2.06 bits per heavy atom. The van der Waals surface area contributed by atoms with Crippen molar-refractivity contribution >= 4 is 0 Å². The molecule has 0 spiro atoms. The zero-order valence-corrected chi connectivity index (χ0v) is 9.44. The van der Waals surface area contributed by atoms with E-state index in [0.29, 0.717) is 0 Å². The van der Waals surface area contributed by atoms with Crippen LogP contribution in [0.1, 0.15) is 36.4 Å². The molecule has 1 fully saturated rings. The lowest BCUT2D eigenvalue weighted by Crippen LogP contribution is -2.24. The monoisotopic (exact) mass is 236 g/mol. The molecular weight excluding hydrogens is 222 g/mol. The molecule has 4 heteroatoms. The summed E-state index contributed by atoms with van der Waals surface area (Å²) in [6.45, 7) is 1.82. The van der Waals surface area contributed by atoms with Crippen LogP contribution in [0.4, 0.5) is 8.78 Å². The van der Waals surface area contributed by atoms with Gasteiger partial charge in [-0.15, -0.1) is 0 Å². The van der Waals surface area contributed by atoms with E-state index in [4.69, 9.17) is 0 Å². The summed E-state index contributed by atoms with van der Waals surface area (Å²) in [5, 5.41) is 9.18. The average molecular weight is 236 g/mol. The van der Waals surface area contributed by atoms with E-state index in [-0.39, 0.29) is 11.6 Å². The van der Waals surface area contributed by atoms with Crippen LogP contribution in [0.3, 0.4) is 0 Å². The standard InChI is InChI=1S/C13H14F2N2/c14-13(15)11-5-3-10(4-6-11)12(9-16)17-7-1-2-8-17/h3-6,12-13H,1-2,7-8H2. The van der Waals surface area contributed by atoms with Crippen LogP contribution in [-0.2, 0) is 0 Å². The van der Waals surface area contributed by atoms with E-state index in [1.54, 1.807) is 12.1 Å². The Morgan fingerprint density at radius 1 is 1.06 bits per heavy atom. The van der Waals surface area contributed by atoms with Crippen LogP contribution >= 0.6 is 0 Å². The van der Waals surface area contributed by atoms with Gasteiger partial charge >= 0.3 is 0 Å². The first-order chi connectivity index (χ1) is 8.22. The highest BCUT2D eigenvalue weighted by Gasteiger charge is 2.23. The fourth-order valence-electron chi connectivity index (χ4n) is 2.19. The van der Waals surface area contributed by atoms with Gasteiger partial charge in [0.25, 0.3) is 6.43 Å². The van der Waals surface area contributed by atoms with E-state index in [2.05, 4.69) is 11.0 Å². The average Bonchev–Trinajstić information content (AvgIpc) is 2.84. The molecule has 90 valence electrons. The van der Waals surface area contributed by atoms with Gasteiger partial charge in [-0.2, -0.15) is 5.26 Å². The molecular formula is C13H14F2N2. The molecule has 0 aromatic heterocycles. The number of likely N-dealkylation sites (tertiary alicyclic amines) is 1. The fourth-order valence-corrected chi connectivity index (χ4v) is 2.19. The Balaban J connectivity index is 2.17. The Labute approximate surface area is 99.5 Å². The van der Waals surface area contributed by atoms with Crippen LogP contribution in [0.15, 0.2) is 24.3 Å². The molecule has 2 nitrogen and oxygen atoms in total. The molecule has 0 radical (unpaired) electrons. The molecule has 0 N–H and O–H groups in total. The molecule has 17 heavy (non-hydrogen) atoms. The second-order valence-electron chi connectivity index (χ2n) is 4.24. The lowest BCUT2D eigenvalue weighted by molar-refractivity contribution is 0.151. The molecule has 0 saturated carbocycles. The summed E-state index contributed by atoms with van der Waals surface area (Å²) in [6.07, 6.45) is -0.239. The molecule has 1 aliphatic rings. The van der Waals surface area contributed by atoms with Crippen LogP contribution in [0.5, 0.6) is 0 Å². The lowest BCUT2D eigenvalue weighted by Gasteiger charge is -2.21. The molecule has 0 amide bonds. The molecule has 1 saturated heterocycles. The normalized spacial score (nSPS) is 18.2. The molecule has 1 aliphatic heterocycles. The summed E-state index contributed by atoms with van der Waals surface area (Å²) < 4.78 is 24.8. The van der Waals surface area contributed by atoms with Crippen molar-refractivity contribution in [2.45, 2.75) is 25.3 Å². The predicted molar refractivity (Wildman–Crippen MR) is 60.6 cm³/mol. The number of benzene rings is 1. The Bertz CT molecular complexity index is 402. The molecule has 1 aromatic carbocycles. The minimum absolute atomic E-state index is 0.00635. The maximum atomic E-state index is 12.4. The lowest BCUT2D eigenvalue weighted by atomic mass is 10.0. The van der Waals surface area contributed by atoms with Gasteiger partial charge in [-0.3, -0.25) is 4.90 Å². The van der Waals surface area contributed by atoms with Crippen molar-refractivity contribution in [2.75, 3.05) is 13.1 Å². The Morgan fingerprint density at radius 2 is 1.59 bits per heavy atom. The number of hydrogen-bond donors (Lipinski definition) is 0. The summed E-state index contributed by atoms with van der Waals surface area (Å²) in [6, 6.07) is 8.02. The van der Waals surface area contributed by atoms with Crippen molar-refractivity contribution in [1.29, 1.82) is 5.26 Å². The first-order valence-corrected chi connectivity index (χ1v) is 5.74. The Hall–Kier alpha value is -1.47. The van der Waals surface area contributed by atoms with Gasteiger partial charge in [-0.1, -0.05) is 24.3 Å². The van der Waals surface area contributed by atoms with Crippen molar-refractivity contribution in [2.24, 2.45) is 0 Å². The van der Waals surface area contributed by atoms with Crippen LogP contribution in [0.25, 0.3) is 0 Å². The third-order valence-corrected chi connectivity index (χ3v) is 3.13. The summed E-state index contributed by atoms with van der Waals surface area (Å²) in [5.41, 5.74) is 0.811. The topological polar surface area (TPSA) is 27.0 Å². The van der Waals surface area contributed by atoms with Crippen LogP contribution in [0.2, 0.25) is 0 Å². The number of nitriles is 1. The number of hydrogen-bond acceptors (Lipinski definition) is 2. The molecule has 1 unspecified atom stereocenters. The SMILES string of the molecule is N#CC(c1ccc(C(F)F)cc1)N1CCCC1. The zero-order valence-electron chi connectivity index (χ0n) is 9.44. The number of nitrogens with zero attached hydrogens (tertiary/aromatic N) is 2. The van der Waals surface area contributed by atoms with Crippen LogP contribution in [-0.4, -0.2) is 18.0 Å². The Kier molecular flexibility index (Phi) is 3.70. The fraction of sp³-hybridized carbons (Fsp3) is 0.462. The summed E-state index contributed by atoms with van der Waals surface area (Å²) >= 11 is 0. The number of halogens is 2.